The average Bonchev–Trinajstić information content (AvgIpc) is 3.44. The molecule has 1 aromatic heterocycles. The van der Waals surface area contributed by atoms with Gasteiger partial charge >= 0.3 is 0 Å². The number of aryl methyl sites for hydroxylation is 1. The van der Waals surface area contributed by atoms with Crippen molar-refractivity contribution >= 4 is 44.7 Å². The highest BCUT2D eigenvalue weighted by molar-refractivity contribution is 7.18. The van der Waals surface area contributed by atoms with Gasteiger partial charge in [-0.05, 0) is 49.6 Å². The number of aromatic nitrogens is 1. The first-order valence-corrected chi connectivity index (χ1v) is 10.0. The molecule has 1 aliphatic rings. The second kappa shape index (κ2) is 8.08. The number of para-hydroxylation sites is 1. The van der Waals surface area contributed by atoms with Crippen molar-refractivity contribution in [3.63, 3.8) is 0 Å². The third kappa shape index (κ3) is 4.55. The first-order valence-electron chi connectivity index (χ1n) is 9.22. The van der Waals surface area contributed by atoms with Crippen molar-refractivity contribution in [2.75, 3.05) is 17.2 Å². The Morgan fingerprint density at radius 3 is 2.79 bits per heavy atom. The normalized spacial score (nSPS) is 13.5. The summed E-state index contributed by atoms with van der Waals surface area (Å²) >= 11 is 1.56. The van der Waals surface area contributed by atoms with E-state index in [0.29, 0.717) is 18.0 Å². The van der Waals surface area contributed by atoms with Crippen molar-refractivity contribution in [2.24, 2.45) is 5.92 Å². The second-order valence-corrected chi connectivity index (χ2v) is 8.02. The lowest BCUT2D eigenvalue weighted by molar-refractivity contribution is -0.121. The molecule has 1 heterocycles. The molecule has 3 aromatic rings. The zero-order valence-corrected chi connectivity index (χ0v) is 16.3. The Labute approximate surface area is 166 Å². The number of anilines is 2. The number of fused-ring (bicyclic) bond motifs is 1. The number of carbonyl (C=O) groups is 2. The van der Waals surface area contributed by atoms with E-state index in [4.69, 9.17) is 4.74 Å². The third-order valence-corrected chi connectivity index (χ3v) is 5.53. The summed E-state index contributed by atoms with van der Waals surface area (Å²) in [6, 6.07) is 13.4. The standard InChI is InChI=1S/C21H21N3O3S/c1-13-6-9-15(22-21(26)14-7-8-14)10-17(13)23-19(25)11-27-12-20-24-16-4-2-3-5-18(16)28-20/h2-6,9-10,14H,7-8,11-12H2,1H3,(H,22,26)(H,23,25). The molecule has 2 N–H and O–H groups in total. The van der Waals surface area contributed by atoms with Crippen LogP contribution in [0, 0.1) is 12.8 Å². The number of ether oxygens (including phenoxy) is 1. The molecule has 1 fully saturated rings. The summed E-state index contributed by atoms with van der Waals surface area (Å²) in [4.78, 5) is 28.6. The van der Waals surface area contributed by atoms with Crippen LogP contribution in [0.4, 0.5) is 11.4 Å². The van der Waals surface area contributed by atoms with E-state index in [0.717, 1.165) is 33.6 Å². The van der Waals surface area contributed by atoms with Gasteiger partial charge in [-0.25, -0.2) is 4.98 Å². The van der Waals surface area contributed by atoms with Gasteiger partial charge in [0.25, 0.3) is 0 Å². The van der Waals surface area contributed by atoms with Crippen molar-refractivity contribution in [3.05, 3.63) is 53.0 Å². The largest absolute Gasteiger partial charge is 0.364 e. The molecule has 28 heavy (non-hydrogen) atoms. The van der Waals surface area contributed by atoms with E-state index in [1.807, 2.05) is 43.3 Å². The second-order valence-electron chi connectivity index (χ2n) is 6.91. The summed E-state index contributed by atoms with van der Waals surface area (Å²) in [5.41, 5.74) is 3.22. The van der Waals surface area contributed by atoms with Crippen LogP contribution in [-0.4, -0.2) is 23.4 Å². The fourth-order valence-corrected chi connectivity index (χ4v) is 3.73. The first kappa shape index (κ1) is 18.6. The van der Waals surface area contributed by atoms with Gasteiger partial charge in [0.1, 0.15) is 11.6 Å². The van der Waals surface area contributed by atoms with Gasteiger partial charge in [0.05, 0.1) is 16.8 Å². The van der Waals surface area contributed by atoms with Gasteiger partial charge in [0.15, 0.2) is 0 Å². The van der Waals surface area contributed by atoms with Crippen LogP contribution in [0.1, 0.15) is 23.4 Å². The predicted octanol–water partition coefficient (Wildman–Crippen LogP) is 4.11. The van der Waals surface area contributed by atoms with Crippen molar-refractivity contribution in [3.8, 4) is 0 Å². The van der Waals surface area contributed by atoms with Gasteiger partial charge in [0, 0.05) is 17.3 Å². The zero-order valence-electron chi connectivity index (χ0n) is 15.5. The minimum atomic E-state index is -0.241. The highest BCUT2D eigenvalue weighted by Gasteiger charge is 2.29. The van der Waals surface area contributed by atoms with Gasteiger partial charge in [-0.3, -0.25) is 9.59 Å². The van der Waals surface area contributed by atoms with Crippen molar-refractivity contribution < 1.29 is 14.3 Å². The quantitative estimate of drug-likeness (QED) is 0.631. The van der Waals surface area contributed by atoms with E-state index >= 15 is 0 Å². The van der Waals surface area contributed by atoms with Gasteiger partial charge in [-0.2, -0.15) is 0 Å². The minimum absolute atomic E-state index is 0.0419. The van der Waals surface area contributed by atoms with Gasteiger partial charge < -0.3 is 15.4 Å². The number of carbonyl (C=O) groups excluding carboxylic acids is 2. The lowest BCUT2D eigenvalue weighted by Gasteiger charge is -2.11. The van der Waals surface area contributed by atoms with Crippen molar-refractivity contribution in [2.45, 2.75) is 26.4 Å². The molecule has 1 aliphatic carbocycles. The number of nitrogens with one attached hydrogen (secondary N) is 2. The topological polar surface area (TPSA) is 80.3 Å². The van der Waals surface area contributed by atoms with E-state index in [9.17, 15) is 9.59 Å². The van der Waals surface area contributed by atoms with Crippen LogP contribution in [0.5, 0.6) is 0 Å². The summed E-state index contributed by atoms with van der Waals surface area (Å²) in [6.45, 7) is 2.14. The van der Waals surface area contributed by atoms with Crippen LogP contribution in [0.15, 0.2) is 42.5 Å². The van der Waals surface area contributed by atoms with E-state index < -0.39 is 0 Å². The lowest BCUT2D eigenvalue weighted by atomic mass is 10.1. The Hall–Kier alpha value is -2.77. The highest BCUT2D eigenvalue weighted by Crippen LogP contribution is 2.31. The van der Waals surface area contributed by atoms with Gasteiger partial charge in [-0.1, -0.05) is 18.2 Å². The van der Waals surface area contributed by atoms with E-state index in [1.165, 1.54) is 0 Å². The van der Waals surface area contributed by atoms with Crippen LogP contribution in [0.2, 0.25) is 0 Å². The maximum atomic E-state index is 12.2. The molecule has 1 saturated carbocycles. The molecule has 144 valence electrons. The first-order chi connectivity index (χ1) is 13.6. The van der Waals surface area contributed by atoms with Gasteiger partial charge in [-0.15, -0.1) is 11.3 Å². The minimum Gasteiger partial charge on any atom is -0.364 e. The Bertz CT molecular complexity index is 994. The Balaban J connectivity index is 1.30. The molecule has 7 heteroatoms. The Morgan fingerprint density at radius 2 is 2.00 bits per heavy atom. The monoisotopic (exact) mass is 395 g/mol. The number of hydrogen-bond acceptors (Lipinski definition) is 5. The summed E-state index contributed by atoms with van der Waals surface area (Å²) in [5, 5.41) is 6.59. The number of thiazole rings is 1. The molecule has 0 aliphatic heterocycles. The van der Waals surface area contributed by atoms with Crippen LogP contribution in [-0.2, 0) is 20.9 Å². The average molecular weight is 395 g/mol. The van der Waals surface area contributed by atoms with Crippen LogP contribution in [0.25, 0.3) is 10.2 Å². The van der Waals surface area contributed by atoms with Crippen molar-refractivity contribution in [1.82, 2.24) is 4.98 Å². The summed E-state index contributed by atoms with van der Waals surface area (Å²) in [5.74, 6) is -0.0644. The highest BCUT2D eigenvalue weighted by atomic mass is 32.1. The fourth-order valence-electron chi connectivity index (χ4n) is 2.82. The van der Waals surface area contributed by atoms with E-state index in [-0.39, 0.29) is 24.3 Å². The van der Waals surface area contributed by atoms with Crippen molar-refractivity contribution in [1.29, 1.82) is 0 Å². The number of amides is 2. The Morgan fingerprint density at radius 1 is 1.18 bits per heavy atom. The number of benzene rings is 2. The lowest BCUT2D eigenvalue weighted by Crippen LogP contribution is -2.19. The predicted molar refractivity (Wildman–Crippen MR) is 110 cm³/mol. The smallest absolute Gasteiger partial charge is 0.250 e. The molecule has 0 spiro atoms. The summed E-state index contributed by atoms with van der Waals surface area (Å²) in [6.07, 6.45) is 1.90. The van der Waals surface area contributed by atoms with Crippen LogP contribution in [0.3, 0.4) is 0 Å². The summed E-state index contributed by atoms with van der Waals surface area (Å²) < 4.78 is 6.63. The number of hydrogen-bond donors (Lipinski definition) is 2. The Kier molecular flexibility index (Phi) is 5.36. The SMILES string of the molecule is Cc1ccc(NC(=O)C2CC2)cc1NC(=O)COCc1nc2ccccc2s1. The fraction of sp³-hybridized carbons (Fsp3) is 0.286. The number of rotatable bonds is 7. The molecule has 6 nitrogen and oxygen atoms in total. The molecule has 0 radical (unpaired) electrons. The van der Waals surface area contributed by atoms with Crippen LogP contribution < -0.4 is 10.6 Å². The summed E-state index contributed by atoms with van der Waals surface area (Å²) in [7, 11) is 0. The van der Waals surface area contributed by atoms with E-state index in [2.05, 4.69) is 15.6 Å². The molecule has 0 bridgehead atoms. The maximum absolute atomic E-state index is 12.2. The maximum Gasteiger partial charge on any atom is 0.250 e. The van der Waals surface area contributed by atoms with Crippen LogP contribution >= 0.6 is 11.3 Å². The molecular weight excluding hydrogens is 374 g/mol. The molecule has 2 aromatic carbocycles. The number of nitrogens with zero attached hydrogens (tertiary/aromatic N) is 1. The molecule has 2 amide bonds. The molecular formula is C21H21N3O3S. The molecule has 0 atom stereocenters. The third-order valence-electron chi connectivity index (χ3n) is 4.52. The molecule has 0 saturated heterocycles. The van der Waals surface area contributed by atoms with E-state index in [1.54, 1.807) is 17.4 Å². The molecule has 4 rings (SSSR count). The molecule has 0 unspecified atom stereocenters. The zero-order chi connectivity index (χ0) is 19.5. The van der Waals surface area contributed by atoms with Gasteiger partial charge in [0.2, 0.25) is 11.8 Å².